The summed E-state index contributed by atoms with van der Waals surface area (Å²) in [6.07, 6.45) is 0. The summed E-state index contributed by atoms with van der Waals surface area (Å²) in [5, 5.41) is 27.0. The lowest BCUT2D eigenvalue weighted by Crippen LogP contribution is -1.99. The summed E-state index contributed by atoms with van der Waals surface area (Å²) in [4.78, 5) is 0. The van der Waals surface area contributed by atoms with Crippen LogP contribution in [0, 0.1) is 22.7 Å². The third-order valence-electron chi connectivity index (χ3n) is 10.9. The van der Waals surface area contributed by atoms with E-state index in [0.717, 1.165) is 99.2 Å². The van der Waals surface area contributed by atoms with Crippen LogP contribution in [0.4, 0.5) is 0 Å². The van der Waals surface area contributed by atoms with Crippen molar-refractivity contribution in [3.63, 3.8) is 0 Å². The molecule has 55 heavy (non-hydrogen) atoms. The van der Waals surface area contributed by atoms with E-state index in [0.29, 0.717) is 11.1 Å². The normalized spacial score (nSPS) is 11.6. The fourth-order valence-electron chi connectivity index (χ4n) is 8.62. The van der Waals surface area contributed by atoms with Gasteiger partial charge in [0.2, 0.25) is 0 Å². The van der Waals surface area contributed by atoms with Crippen molar-refractivity contribution in [1.82, 2.24) is 9.13 Å². The van der Waals surface area contributed by atoms with E-state index >= 15 is 0 Å². The van der Waals surface area contributed by atoms with E-state index in [2.05, 4.69) is 137 Å². The molecule has 0 spiro atoms. The summed E-state index contributed by atoms with van der Waals surface area (Å²) in [6, 6.07) is 62.8. The molecular formula is C50H28N4O. The van der Waals surface area contributed by atoms with Crippen LogP contribution in [0.1, 0.15) is 11.1 Å². The van der Waals surface area contributed by atoms with Crippen molar-refractivity contribution in [1.29, 1.82) is 10.5 Å². The molecule has 5 heteroatoms. The maximum atomic E-state index is 10.9. The van der Waals surface area contributed by atoms with Gasteiger partial charge in [0.1, 0.15) is 17.2 Å². The molecule has 0 radical (unpaired) electrons. The van der Waals surface area contributed by atoms with Gasteiger partial charge < -0.3 is 13.6 Å². The average Bonchev–Trinajstić information content (AvgIpc) is 3.92. The fraction of sp³-hybridized carbons (Fsp3) is 0. The van der Waals surface area contributed by atoms with Crippen LogP contribution >= 0.6 is 0 Å². The van der Waals surface area contributed by atoms with Crippen molar-refractivity contribution in [3.05, 3.63) is 181 Å². The largest absolute Gasteiger partial charge is 0.455 e. The number of hydrogen-bond donors (Lipinski definition) is 0. The third kappa shape index (κ3) is 4.45. The minimum absolute atomic E-state index is 0.563. The lowest BCUT2D eigenvalue weighted by molar-refractivity contribution is 0.673. The minimum Gasteiger partial charge on any atom is -0.455 e. The highest BCUT2D eigenvalue weighted by atomic mass is 16.3. The Morgan fingerprint density at radius 1 is 0.436 bits per heavy atom. The standard InChI is InChI=1S/C50H28N4O/c51-29-31-12-10-17-37(26-31)53-42-21-7-4-18-38(42)45-48(53)47-40-20-6-9-23-44(40)55-50(47)46-39-19-5-8-22-43(39)54(49(45)46)41-25-24-35(28-36(41)30-52)34-16-11-15-33(27-34)32-13-2-1-3-14-32/h1-28H. The summed E-state index contributed by atoms with van der Waals surface area (Å²) in [7, 11) is 0. The first kappa shape index (κ1) is 30.7. The Labute approximate surface area is 315 Å². The number of furan rings is 1. The van der Waals surface area contributed by atoms with Gasteiger partial charge >= 0.3 is 0 Å². The molecule has 0 saturated carbocycles. The van der Waals surface area contributed by atoms with Crippen molar-refractivity contribution >= 4 is 65.6 Å². The van der Waals surface area contributed by atoms with Gasteiger partial charge in [0, 0.05) is 27.2 Å². The number of nitrogens with zero attached hydrogens (tertiary/aromatic N) is 4. The van der Waals surface area contributed by atoms with Gasteiger partial charge in [-0.15, -0.1) is 0 Å². The van der Waals surface area contributed by atoms with E-state index in [1.807, 2.05) is 54.6 Å². The second-order valence-electron chi connectivity index (χ2n) is 13.9. The number of benzene rings is 8. The van der Waals surface area contributed by atoms with Crippen LogP contribution in [0.2, 0.25) is 0 Å². The summed E-state index contributed by atoms with van der Waals surface area (Å²) >= 11 is 0. The molecule has 0 atom stereocenters. The van der Waals surface area contributed by atoms with Crippen LogP contribution in [0.3, 0.4) is 0 Å². The van der Waals surface area contributed by atoms with Crippen LogP contribution in [-0.4, -0.2) is 9.13 Å². The molecule has 0 aliphatic heterocycles. The van der Waals surface area contributed by atoms with Gasteiger partial charge in [-0.1, -0.05) is 115 Å². The molecule has 11 aromatic rings. The number of hydrogen-bond acceptors (Lipinski definition) is 3. The molecule has 0 N–H and O–H groups in total. The Kier molecular flexibility index (Phi) is 6.61. The second-order valence-corrected chi connectivity index (χ2v) is 13.9. The molecule has 11 rings (SSSR count). The number of aromatic nitrogens is 2. The first-order valence-corrected chi connectivity index (χ1v) is 18.2. The lowest BCUT2D eigenvalue weighted by Gasteiger charge is -2.14. The van der Waals surface area contributed by atoms with Crippen molar-refractivity contribution in [2.24, 2.45) is 0 Å². The van der Waals surface area contributed by atoms with E-state index in [1.54, 1.807) is 0 Å². The molecule has 0 aliphatic carbocycles. The maximum Gasteiger partial charge on any atom is 0.147 e. The van der Waals surface area contributed by atoms with Crippen LogP contribution in [0.25, 0.3) is 99.2 Å². The predicted octanol–water partition coefficient (Wildman–Crippen LogP) is 12.9. The zero-order valence-corrected chi connectivity index (χ0v) is 29.4. The molecule has 0 unspecified atom stereocenters. The molecule has 0 aliphatic rings. The Hall–Kier alpha value is -7.86. The molecule has 254 valence electrons. The predicted molar refractivity (Wildman–Crippen MR) is 223 cm³/mol. The van der Waals surface area contributed by atoms with Crippen LogP contribution in [-0.2, 0) is 0 Å². The zero-order valence-electron chi connectivity index (χ0n) is 29.4. The van der Waals surface area contributed by atoms with E-state index in [4.69, 9.17) is 4.42 Å². The number of para-hydroxylation sites is 3. The highest BCUT2D eigenvalue weighted by Crippen LogP contribution is 2.49. The molecule has 3 aromatic heterocycles. The maximum absolute atomic E-state index is 10.9. The minimum atomic E-state index is 0.563. The third-order valence-corrected chi connectivity index (χ3v) is 10.9. The highest BCUT2D eigenvalue weighted by molar-refractivity contribution is 6.39. The first-order chi connectivity index (χ1) is 27.2. The fourth-order valence-corrected chi connectivity index (χ4v) is 8.62. The van der Waals surface area contributed by atoms with E-state index in [9.17, 15) is 10.5 Å². The molecule has 0 bridgehead atoms. The molecule has 5 nitrogen and oxygen atoms in total. The lowest BCUT2D eigenvalue weighted by atomic mass is 9.97. The Morgan fingerprint density at radius 3 is 1.82 bits per heavy atom. The summed E-state index contributed by atoms with van der Waals surface area (Å²) in [5.74, 6) is 0. The molecule has 0 amide bonds. The number of fused-ring (bicyclic) bond motifs is 12. The van der Waals surface area contributed by atoms with Crippen molar-refractivity contribution in [2.45, 2.75) is 0 Å². The van der Waals surface area contributed by atoms with Gasteiger partial charge in [-0.05, 0) is 76.9 Å². The summed E-state index contributed by atoms with van der Waals surface area (Å²) < 4.78 is 11.4. The van der Waals surface area contributed by atoms with Crippen LogP contribution in [0.5, 0.6) is 0 Å². The number of rotatable bonds is 4. The van der Waals surface area contributed by atoms with Crippen molar-refractivity contribution < 1.29 is 4.42 Å². The van der Waals surface area contributed by atoms with Crippen molar-refractivity contribution in [2.75, 3.05) is 0 Å². The number of nitriles is 2. The molecule has 0 fully saturated rings. The topological polar surface area (TPSA) is 70.6 Å². The quantitative estimate of drug-likeness (QED) is 0.183. The molecular weight excluding hydrogens is 673 g/mol. The highest BCUT2D eigenvalue weighted by Gasteiger charge is 2.28. The monoisotopic (exact) mass is 700 g/mol. The van der Waals surface area contributed by atoms with Gasteiger partial charge in [-0.3, -0.25) is 0 Å². The van der Waals surface area contributed by atoms with E-state index in [1.165, 1.54) is 0 Å². The van der Waals surface area contributed by atoms with Crippen LogP contribution in [0.15, 0.2) is 174 Å². The summed E-state index contributed by atoms with van der Waals surface area (Å²) in [6.45, 7) is 0. The molecule has 3 heterocycles. The van der Waals surface area contributed by atoms with E-state index in [-0.39, 0.29) is 0 Å². The zero-order chi connectivity index (χ0) is 36.6. The Morgan fingerprint density at radius 2 is 1.04 bits per heavy atom. The second kappa shape index (κ2) is 11.8. The van der Waals surface area contributed by atoms with Gasteiger partial charge in [0.15, 0.2) is 0 Å². The Bertz CT molecular complexity index is 3460. The van der Waals surface area contributed by atoms with Gasteiger partial charge in [0.05, 0.1) is 55.7 Å². The van der Waals surface area contributed by atoms with Gasteiger partial charge in [-0.25, -0.2) is 0 Å². The van der Waals surface area contributed by atoms with Crippen LogP contribution < -0.4 is 0 Å². The summed E-state index contributed by atoms with van der Waals surface area (Å²) in [5.41, 5.74) is 12.6. The SMILES string of the molecule is N#Cc1cccc(-n2c3ccccc3c3c4c(c5ccccc5n4-c4ccc(-c5cccc(-c6ccccc6)c5)cc4C#N)c4oc5ccccc5c4c32)c1. The first-order valence-electron chi connectivity index (χ1n) is 18.2. The molecule has 0 saturated heterocycles. The van der Waals surface area contributed by atoms with Gasteiger partial charge in [-0.2, -0.15) is 10.5 Å². The average molecular weight is 701 g/mol. The van der Waals surface area contributed by atoms with Gasteiger partial charge in [0.25, 0.3) is 0 Å². The van der Waals surface area contributed by atoms with E-state index < -0.39 is 0 Å². The van der Waals surface area contributed by atoms with Crippen molar-refractivity contribution in [3.8, 4) is 45.8 Å². The smallest absolute Gasteiger partial charge is 0.147 e. The molecule has 8 aromatic carbocycles. The Balaban J connectivity index is 1.30.